The van der Waals surface area contributed by atoms with Crippen molar-refractivity contribution in [1.29, 1.82) is 0 Å². The summed E-state index contributed by atoms with van der Waals surface area (Å²) in [6.45, 7) is 0. The van der Waals surface area contributed by atoms with Crippen LogP contribution in [0.3, 0.4) is 0 Å². The molecule has 1 spiro atoms. The molecule has 2 aliphatic heterocycles. The number of nitrogens with one attached hydrogen (secondary N) is 1. The predicted molar refractivity (Wildman–Crippen MR) is 57.6 cm³/mol. The fourth-order valence-corrected chi connectivity index (χ4v) is 5.14. The van der Waals surface area contributed by atoms with Crippen LogP contribution < -0.4 is 5.32 Å². The van der Waals surface area contributed by atoms with E-state index in [0.717, 1.165) is 0 Å². The fourth-order valence-electron chi connectivity index (χ4n) is 1.93. The van der Waals surface area contributed by atoms with Crippen molar-refractivity contribution in [3.05, 3.63) is 0 Å². The van der Waals surface area contributed by atoms with Crippen LogP contribution in [0, 0.1) is 0 Å². The molecule has 0 bridgehead atoms. The molecular weight excluding hydrogens is 238 g/mol. The Hall–Kier alpha value is -0.270. The van der Waals surface area contributed by atoms with Crippen LogP contribution in [-0.2, 0) is 14.6 Å². The third-order valence-electron chi connectivity index (χ3n) is 2.90. The van der Waals surface area contributed by atoms with E-state index < -0.39 is 21.8 Å². The molecule has 0 aromatic rings. The monoisotopic (exact) mass is 251 g/mol. The standard InChI is InChI=1S/C8H13NO4S2/c10-7(11)6-5-14-8(9-6)1-3-15(12,13)4-2-8/h6,9H,1-5H2,(H,10,11). The number of rotatable bonds is 1. The molecule has 0 saturated carbocycles. The lowest BCUT2D eigenvalue weighted by Crippen LogP contribution is -2.49. The van der Waals surface area contributed by atoms with Crippen LogP contribution in [-0.4, -0.2) is 47.7 Å². The first-order chi connectivity index (χ1) is 6.93. The van der Waals surface area contributed by atoms with Gasteiger partial charge in [-0.3, -0.25) is 10.1 Å². The van der Waals surface area contributed by atoms with Gasteiger partial charge in [-0.25, -0.2) is 8.42 Å². The topological polar surface area (TPSA) is 83.5 Å². The van der Waals surface area contributed by atoms with Crippen LogP contribution >= 0.6 is 11.8 Å². The lowest BCUT2D eigenvalue weighted by atomic mass is 10.1. The van der Waals surface area contributed by atoms with E-state index in [4.69, 9.17) is 5.11 Å². The van der Waals surface area contributed by atoms with Crippen molar-refractivity contribution >= 4 is 27.6 Å². The molecule has 5 nitrogen and oxygen atoms in total. The maximum absolute atomic E-state index is 11.3. The predicted octanol–water partition coefficient (Wildman–Crippen LogP) is -0.319. The second-order valence-electron chi connectivity index (χ2n) is 3.99. The van der Waals surface area contributed by atoms with E-state index in [-0.39, 0.29) is 16.4 Å². The maximum atomic E-state index is 11.3. The molecule has 2 N–H and O–H groups in total. The first kappa shape index (κ1) is 11.2. The molecule has 0 aliphatic carbocycles. The van der Waals surface area contributed by atoms with Crippen LogP contribution in [0.15, 0.2) is 0 Å². The van der Waals surface area contributed by atoms with Gasteiger partial charge in [-0.2, -0.15) is 0 Å². The molecule has 2 aliphatic rings. The second-order valence-corrected chi connectivity index (χ2v) is 7.70. The molecule has 0 amide bonds. The van der Waals surface area contributed by atoms with Crippen molar-refractivity contribution in [2.45, 2.75) is 23.8 Å². The van der Waals surface area contributed by atoms with Gasteiger partial charge in [0.25, 0.3) is 0 Å². The Morgan fingerprint density at radius 3 is 2.47 bits per heavy atom. The molecule has 0 aromatic carbocycles. The summed E-state index contributed by atoms with van der Waals surface area (Å²) in [5.41, 5.74) is 0. The minimum atomic E-state index is -2.88. The van der Waals surface area contributed by atoms with Gasteiger partial charge in [0.15, 0.2) is 9.84 Å². The number of sulfone groups is 1. The fraction of sp³-hybridized carbons (Fsp3) is 0.875. The second kappa shape index (κ2) is 3.64. The van der Waals surface area contributed by atoms with Crippen LogP contribution in [0.4, 0.5) is 0 Å². The summed E-state index contributed by atoms with van der Waals surface area (Å²) in [7, 11) is -2.88. The molecule has 2 heterocycles. The number of hydrogen-bond donors (Lipinski definition) is 2. The van der Waals surface area contributed by atoms with E-state index in [1.807, 2.05) is 0 Å². The highest BCUT2D eigenvalue weighted by atomic mass is 32.2. The Morgan fingerprint density at radius 1 is 1.40 bits per heavy atom. The number of carboxylic acid groups (broad SMARTS) is 1. The number of thioether (sulfide) groups is 1. The lowest BCUT2D eigenvalue weighted by Gasteiger charge is -2.32. The zero-order chi connectivity index (χ0) is 11.1. The maximum Gasteiger partial charge on any atom is 0.321 e. The largest absolute Gasteiger partial charge is 0.480 e. The molecule has 1 unspecified atom stereocenters. The van der Waals surface area contributed by atoms with Crippen molar-refractivity contribution in [1.82, 2.24) is 5.32 Å². The summed E-state index contributed by atoms with van der Waals surface area (Å²) in [5.74, 6) is 0.00133. The van der Waals surface area contributed by atoms with Gasteiger partial charge in [0.05, 0.1) is 16.4 Å². The molecule has 86 valence electrons. The number of hydrogen-bond acceptors (Lipinski definition) is 5. The zero-order valence-electron chi connectivity index (χ0n) is 8.10. The van der Waals surface area contributed by atoms with Crippen molar-refractivity contribution in [2.75, 3.05) is 17.3 Å². The van der Waals surface area contributed by atoms with Crippen molar-refractivity contribution < 1.29 is 18.3 Å². The minimum Gasteiger partial charge on any atom is -0.480 e. The first-order valence-electron chi connectivity index (χ1n) is 4.77. The number of aliphatic carboxylic acids is 1. The van der Waals surface area contributed by atoms with Gasteiger partial charge in [-0.15, -0.1) is 11.8 Å². The first-order valence-corrected chi connectivity index (χ1v) is 7.58. The van der Waals surface area contributed by atoms with E-state index >= 15 is 0 Å². The Balaban J connectivity index is 2.04. The molecule has 2 rings (SSSR count). The Kier molecular flexibility index (Phi) is 2.72. The third kappa shape index (κ3) is 2.29. The molecule has 0 radical (unpaired) electrons. The molecule has 1 atom stereocenters. The normalized spacial score (nSPS) is 32.9. The van der Waals surface area contributed by atoms with Gasteiger partial charge in [-0.1, -0.05) is 0 Å². The highest BCUT2D eigenvalue weighted by Gasteiger charge is 2.45. The lowest BCUT2D eigenvalue weighted by molar-refractivity contribution is -0.138. The van der Waals surface area contributed by atoms with E-state index in [0.29, 0.717) is 18.6 Å². The van der Waals surface area contributed by atoms with E-state index in [1.54, 1.807) is 11.8 Å². The summed E-state index contributed by atoms with van der Waals surface area (Å²) >= 11 is 1.55. The Morgan fingerprint density at radius 2 is 2.00 bits per heavy atom. The minimum absolute atomic E-state index is 0.166. The molecule has 7 heteroatoms. The molecule has 0 aromatic heterocycles. The zero-order valence-corrected chi connectivity index (χ0v) is 9.73. The molecule has 2 saturated heterocycles. The third-order valence-corrected chi connectivity index (χ3v) is 6.13. The molecular formula is C8H13NO4S2. The van der Waals surface area contributed by atoms with Gasteiger partial charge >= 0.3 is 5.97 Å². The summed E-state index contributed by atoms with van der Waals surface area (Å²) in [6, 6.07) is -0.532. The average Bonchev–Trinajstić information content (AvgIpc) is 2.56. The quantitative estimate of drug-likeness (QED) is 0.664. The molecule has 2 fully saturated rings. The highest BCUT2D eigenvalue weighted by Crippen LogP contribution is 2.39. The van der Waals surface area contributed by atoms with Gasteiger partial charge in [0.1, 0.15) is 6.04 Å². The van der Waals surface area contributed by atoms with Gasteiger partial charge < -0.3 is 5.11 Å². The van der Waals surface area contributed by atoms with Gasteiger partial charge in [0, 0.05) is 5.75 Å². The highest BCUT2D eigenvalue weighted by molar-refractivity contribution is 8.01. The summed E-state index contributed by atoms with van der Waals surface area (Å²) in [4.78, 5) is 10.4. The summed E-state index contributed by atoms with van der Waals surface area (Å²) < 4.78 is 22.5. The smallest absolute Gasteiger partial charge is 0.321 e. The number of carboxylic acids is 1. The van der Waals surface area contributed by atoms with E-state index in [1.165, 1.54) is 0 Å². The van der Waals surface area contributed by atoms with E-state index in [9.17, 15) is 13.2 Å². The average molecular weight is 251 g/mol. The molecule has 15 heavy (non-hydrogen) atoms. The van der Waals surface area contributed by atoms with Crippen LogP contribution in [0.1, 0.15) is 12.8 Å². The van der Waals surface area contributed by atoms with Crippen molar-refractivity contribution in [2.24, 2.45) is 0 Å². The van der Waals surface area contributed by atoms with Gasteiger partial charge in [0.2, 0.25) is 0 Å². The summed E-state index contributed by atoms with van der Waals surface area (Å²) in [5, 5.41) is 11.9. The van der Waals surface area contributed by atoms with Crippen molar-refractivity contribution in [3.63, 3.8) is 0 Å². The number of carbonyl (C=O) groups is 1. The summed E-state index contributed by atoms with van der Waals surface area (Å²) in [6.07, 6.45) is 1.04. The Labute approximate surface area is 92.5 Å². The van der Waals surface area contributed by atoms with Crippen molar-refractivity contribution in [3.8, 4) is 0 Å². The van der Waals surface area contributed by atoms with Crippen LogP contribution in [0.5, 0.6) is 0 Å². The van der Waals surface area contributed by atoms with Crippen LogP contribution in [0.2, 0.25) is 0 Å². The van der Waals surface area contributed by atoms with E-state index in [2.05, 4.69) is 5.32 Å². The SMILES string of the molecule is O=C(O)C1CSC2(CCS(=O)(=O)CC2)N1. The Bertz CT molecular complexity index is 364. The van der Waals surface area contributed by atoms with Crippen LogP contribution in [0.25, 0.3) is 0 Å². The van der Waals surface area contributed by atoms with Gasteiger partial charge in [-0.05, 0) is 12.8 Å².